The molecule has 5 aromatic carbocycles. The molecule has 6 rings (SSSR count). The van der Waals surface area contributed by atoms with Crippen molar-refractivity contribution in [2.75, 3.05) is 0 Å². The molecule has 0 spiro atoms. The van der Waals surface area contributed by atoms with E-state index < -0.39 is 0 Å². The summed E-state index contributed by atoms with van der Waals surface area (Å²) in [6.45, 7) is 11.2. The molecule has 0 aliphatic heterocycles. The van der Waals surface area contributed by atoms with Crippen LogP contribution >= 0.6 is 0 Å². The number of benzene rings is 5. The smallest absolute Gasteiger partial charge is 0.0364 e. The van der Waals surface area contributed by atoms with Gasteiger partial charge in [-0.05, 0) is 110 Å². The minimum absolute atomic E-state index is 0.0950. The lowest BCUT2D eigenvalue weighted by Gasteiger charge is -2.22. The van der Waals surface area contributed by atoms with Gasteiger partial charge in [0.2, 0.25) is 0 Å². The molecule has 0 fully saturated rings. The Balaban J connectivity index is 1.73. The lowest BCUT2D eigenvalue weighted by molar-refractivity contribution is 1.09. The van der Waals surface area contributed by atoms with Crippen molar-refractivity contribution in [2.24, 2.45) is 0 Å². The standard InChI is InChI=1S/C45H46/c1-6-31-11-21-36(22-12-31)41-42(37-23-13-32(7-2)14-24-37)44(39-27-17-34(9-4)18-28-39)45(40-29-19-35(10-5)20-30-40)43(41)38-25-15-33(8-3)16-26-38/h11-30,41H,6-10H2,1-5H3. The van der Waals surface area contributed by atoms with Crippen molar-refractivity contribution in [3.8, 4) is 0 Å². The lowest BCUT2D eigenvalue weighted by Crippen LogP contribution is -2.04. The zero-order chi connectivity index (χ0) is 31.3. The fourth-order valence-electron chi connectivity index (χ4n) is 6.86. The second-order valence-corrected chi connectivity index (χ2v) is 12.3. The SMILES string of the molecule is CCc1ccc(C2=C(c3ccc(CC)cc3)C(c3ccc(CC)cc3)C(c3ccc(CC)cc3)=C2c2ccc(CC)cc2)cc1. The van der Waals surface area contributed by atoms with Crippen molar-refractivity contribution in [3.05, 3.63) is 177 Å². The van der Waals surface area contributed by atoms with E-state index >= 15 is 0 Å². The number of rotatable bonds is 10. The molecule has 0 saturated carbocycles. The van der Waals surface area contributed by atoms with E-state index in [0.29, 0.717) is 0 Å². The van der Waals surface area contributed by atoms with E-state index in [1.54, 1.807) is 0 Å². The maximum atomic E-state index is 2.38. The van der Waals surface area contributed by atoms with Gasteiger partial charge in [-0.1, -0.05) is 156 Å². The van der Waals surface area contributed by atoms with E-state index in [1.807, 2.05) is 0 Å². The molecule has 226 valence electrons. The molecular weight excluding hydrogens is 540 g/mol. The van der Waals surface area contributed by atoms with Crippen LogP contribution in [0.3, 0.4) is 0 Å². The first-order chi connectivity index (χ1) is 22.1. The van der Waals surface area contributed by atoms with E-state index in [4.69, 9.17) is 0 Å². The van der Waals surface area contributed by atoms with Gasteiger partial charge in [-0.25, -0.2) is 0 Å². The summed E-state index contributed by atoms with van der Waals surface area (Å²) in [6, 6.07) is 46.8. The third kappa shape index (κ3) is 6.12. The maximum Gasteiger partial charge on any atom is 0.0364 e. The largest absolute Gasteiger partial charge is 0.0613 e. The molecule has 0 atom stereocenters. The van der Waals surface area contributed by atoms with Gasteiger partial charge in [0.05, 0.1) is 0 Å². The van der Waals surface area contributed by atoms with Crippen LogP contribution in [0.5, 0.6) is 0 Å². The Morgan fingerprint density at radius 3 is 0.822 bits per heavy atom. The average Bonchev–Trinajstić information content (AvgIpc) is 3.47. The predicted octanol–water partition coefficient (Wildman–Crippen LogP) is 11.8. The summed E-state index contributed by atoms with van der Waals surface area (Å²) in [5, 5.41) is 0. The maximum absolute atomic E-state index is 2.38. The Labute approximate surface area is 271 Å². The van der Waals surface area contributed by atoms with Crippen LogP contribution in [-0.2, 0) is 32.1 Å². The van der Waals surface area contributed by atoms with Crippen molar-refractivity contribution < 1.29 is 0 Å². The first kappa shape index (κ1) is 30.6. The van der Waals surface area contributed by atoms with Gasteiger partial charge in [-0.3, -0.25) is 0 Å². The lowest BCUT2D eigenvalue weighted by atomic mass is 9.80. The molecule has 0 heteroatoms. The topological polar surface area (TPSA) is 0 Å². The van der Waals surface area contributed by atoms with Crippen LogP contribution < -0.4 is 0 Å². The number of allylic oxidation sites excluding steroid dienone is 4. The highest BCUT2D eigenvalue weighted by Gasteiger charge is 2.37. The molecule has 1 aliphatic carbocycles. The molecule has 0 heterocycles. The van der Waals surface area contributed by atoms with Crippen molar-refractivity contribution >= 4 is 22.3 Å². The summed E-state index contributed by atoms with van der Waals surface area (Å²) in [5.74, 6) is 0.0950. The minimum atomic E-state index is 0.0950. The Morgan fingerprint density at radius 2 is 0.556 bits per heavy atom. The van der Waals surface area contributed by atoms with Gasteiger partial charge in [0.15, 0.2) is 0 Å². The van der Waals surface area contributed by atoms with Crippen molar-refractivity contribution in [1.29, 1.82) is 0 Å². The minimum Gasteiger partial charge on any atom is -0.0613 e. The van der Waals surface area contributed by atoms with Gasteiger partial charge >= 0.3 is 0 Å². The van der Waals surface area contributed by atoms with Crippen LogP contribution in [0.15, 0.2) is 121 Å². The number of aryl methyl sites for hydroxylation is 5. The van der Waals surface area contributed by atoms with Crippen LogP contribution in [0.25, 0.3) is 22.3 Å². The number of hydrogen-bond acceptors (Lipinski definition) is 0. The van der Waals surface area contributed by atoms with Gasteiger partial charge in [0.25, 0.3) is 0 Å². The normalized spacial score (nSPS) is 13.6. The van der Waals surface area contributed by atoms with Gasteiger partial charge in [-0.2, -0.15) is 0 Å². The third-order valence-corrected chi connectivity index (χ3v) is 9.74. The summed E-state index contributed by atoms with van der Waals surface area (Å²) < 4.78 is 0. The molecular formula is C45H46. The van der Waals surface area contributed by atoms with Crippen LogP contribution in [0, 0.1) is 0 Å². The Bertz CT molecular complexity index is 1680. The van der Waals surface area contributed by atoms with Crippen LogP contribution in [-0.4, -0.2) is 0 Å². The second kappa shape index (κ2) is 13.7. The quantitative estimate of drug-likeness (QED) is 0.153. The summed E-state index contributed by atoms with van der Waals surface area (Å²) >= 11 is 0. The first-order valence-electron chi connectivity index (χ1n) is 17.0. The van der Waals surface area contributed by atoms with Crippen molar-refractivity contribution in [3.63, 3.8) is 0 Å². The second-order valence-electron chi connectivity index (χ2n) is 12.3. The highest BCUT2D eigenvalue weighted by Crippen LogP contribution is 2.58. The van der Waals surface area contributed by atoms with Crippen LogP contribution in [0.2, 0.25) is 0 Å². The predicted molar refractivity (Wildman–Crippen MR) is 195 cm³/mol. The molecule has 0 amide bonds. The zero-order valence-corrected chi connectivity index (χ0v) is 27.7. The van der Waals surface area contributed by atoms with Gasteiger partial charge < -0.3 is 0 Å². The van der Waals surface area contributed by atoms with E-state index in [9.17, 15) is 0 Å². The number of hydrogen-bond donors (Lipinski definition) is 0. The molecule has 0 aromatic heterocycles. The highest BCUT2D eigenvalue weighted by molar-refractivity contribution is 6.29. The van der Waals surface area contributed by atoms with E-state index in [0.717, 1.165) is 32.1 Å². The Morgan fingerprint density at radius 1 is 0.311 bits per heavy atom. The Kier molecular flexibility index (Phi) is 9.31. The molecule has 5 aromatic rings. The zero-order valence-electron chi connectivity index (χ0n) is 27.7. The van der Waals surface area contributed by atoms with Gasteiger partial charge in [0.1, 0.15) is 0 Å². The van der Waals surface area contributed by atoms with E-state index in [2.05, 4.69) is 156 Å². The molecule has 0 unspecified atom stereocenters. The third-order valence-electron chi connectivity index (χ3n) is 9.74. The van der Waals surface area contributed by atoms with E-state index in [1.165, 1.54) is 77.9 Å². The average molecular weight is 587 g/mol. The first-order valence-corrected chi connectivity index (χ1v) is 17.0. The summed E-state index contributed by atoms with van der Waals surface area (Å²) in [7, 11) is 0. The summed E-state index contributed by atoms with van der Waals surface area (Å²) in [6.07, 6.45) is 5.18. The molecule has 0 N–H and O–H groups in total. The summed E-state index contributed by atoms with van der Waals surface area (Å²) in [4.78, 5) is 0. The van der Waals surface area contributed by atoms with Gasteiger partial charge in [0, 0.05) is 5.92 Å². The van der Waals surface area contributed by atoms with Crippen molar-refractivity contribution in [1.82, 2.24) is 0 Å². The monoisotopic (exact) mass is 586 g/mol. The molecule has 45 heavy (non-hydrogen) atoms. The molecule has 0 saturated heterocycles. The molecule has 0 radical (unpaired) electrons. The van der Waals surface area contributed by atoms with Gasteiger partial charge in [-0.15, -0.1) is 0 Å². The molecule has 1 aliphatic rings. The van der Waals surface area contributed by atoms with Crippen LogP contribution in [0.1, 0.15) is 96.2 Å². The van der Waals surface area contributed by atoms with Crippen molar-refractivity contribution in [2.45, 2.75) is 72.6 Å². The van der Waals surface area contributed by atoms with E-state index in [-0.39, 0.29) is 5.92 Å². The summed E-state index contributed by atoms with van der Waals surface area (Å²) in [5.41, 5.74) is 18.9. The molecule has 0 nitrogen and oxygen atoms in total. The van der Waals surface area contributed by atoms with Crippen LogP contribution in [0.4, 0.5) is 0 Å². The Hall–Kier alpha value is -4.42. The highest BCUT2D eigenvalue weighted by atomic mass is 14.4. The fraction of sp³-hybridized carbons (Fsp3) is 0.244. The fourth-order valence-corrected chi connectivity index (χ4v) is 6.86. The molecule has 0 bridgehead atoms.